The molecule has 16 heteroatoms. The van der Waals surface area contributed by atoms with Crippen molar-refractivity contribution in [3.05, 3.63) is 71.9 Å². The highest BCUT2D eigenvalue weighted by molar-refractivity contribution is 6.01. The van der Waals surface area contributed by atoms with Crippen LogP contribution in [0.1, 0.15) is 80.5 Å². The summed E-state index contributed by atoms with van der Waals surface area (Å²) in [7, 11) is 0. The molecular formula is C39H42N14O2. The summed E-state index contributed by atoms with van der Waals surface area (Å²) in [4.78, 5) is 42.4. The zero-order chi connectivity index (χ0) is 37.9. The number of nitrogens with one attached hydrogen (secondary N) is 2. The summed E-state index contributed by atoms with van der Waals surface area (Å²) in [6.45, 7) is 6.86. The van der Waals surface area contributed by atoms with Gasteiger partial charge in [0.15, 0.2) is 11.5 Å². The molecule has 3 fully saturated rings. The fraction of sp³-hybridized carbons (Fsp3) is 0.436. The van der Waals surface area contributed by atoms with Crippen molar-refractivity contribution >= 4 is 34.4 Å². The Bertz CT molecular complexity index is 2270. The molecule has 8 rings (SSSR count). The Morgan fingerprint density at radius 3 is 2.53 bits per heavy atom. The van der Waals surface area contributed by atoms with Crippen LogP contribution in [0.2, 0.25) is 0 Å². The van der Waals surface area contributed by atoms with Crippen molar-refractivity contribution in [2.45, 2.75) is 69.7 Å². The molecule has 1 unspecified atom stereocenters. The minimum absolute atomic E-state index is 0.185. The number of nitriles is 2. The van der Waals surface area contributed by atoms with E-state index in [0.29, 0.717) is 52.8 Å². The summed E-state index contributed by atoms with van der Waals surface area (Å²) in [5.41, 5.74) is 4.61. The Balaban J connectivity index is 0.836. The summed E-state index contributed by atoms with van der Waals surface area (Å²) in [5.74, 6) is 1.06. The fourth-order valence-electron chi connectivity index (χ4n) is 7.96. The Morgan fingerprint density at radius 1 is 0.982 bits per heavy atom. The molecule has 2 N–H and O–H groups in total. The van der Waals surface area contributed by atoms with Crippen LogP contribution in [-0.4, -0.2) is 95.2 Å². The van der Waals surface area contributed by atoms with Crippen LogP contribution in [0.25, 0.3) is 22.7 Å². The van der Waals surface area contributed by atoms with Crippen molar-refractivity contribution in [3.8, 4) is 23.8 Å². The van der Waals surface area contributed by atoms with E-state index in [9.17, 15) is 20.1 Å². The maximum absolute atomic E-state index is 12.3. The lowest BCUT2D eigenvalue weighted by atomic mass is 9.79. The van der Waals surface area contributed by atoms with Crippen LogP contribution in [0.5, 0.6) is 0 Å². The highest BCUT2D eigenvalue weighted by Crippen LogP contribution is 2.37. The van der Waals surface area contributed by atoms with Crippen LogP contribution >= 0.6 is 0 Å². The van der Waals surface area contributed by atoms with E-state index in [1.54, 1.807) is 30.1 Å². The zero-order valence-electron chi connectivity index (χ0n) is 30.7. The summed E-state index contributed by atoms with van der Waals surface area (Å²) in [5, 5.41) is 38.5. The van der Waals surface area contributed by atoms with Gasteiger partial charge in [0.1, 0.15) is 17.8 Å². The van der Waals surface area contributed by atoms with Crippen molar-refractivity contribution in [3.63, 3.8) is 0 Å². The summed E-state index contributed by atoms with van der Waals surface area (Å²) in [6, 6.07) is 13.8. The van der Waals surface area contributed by atoms with Crippen LogP contribution < -0.4 is 15.5 Å². The average Bonchev–Trinajstić information content (AvgIpc) is 3.88. The normalized spacial score (nSPS) is 21.1. The number of fused-ring (bicyclic) bond motifs is 1. The molecule has 1 aliphatic carbocycles. The van der Waals surface area contributed by atoms with Crippen molar-refractivity contribution in [2.24, 2.45) is 5.92 Å². The van der Waals surface area contributed by atoms with Gasteiger partial charge in [-0.15, -0.1) is 5.10 Å². The zero-order valence-corrected chi connectivity index (χ0v) is 30.7. The van der Waals surface area contributed by atoms with Crippen LogP contribution in [0, 0.1) is 28.6 Å². The third-order valence-electron chi connectivity index (χ3n) is 11.2. The number of amides is 2. The molecule has 1 saturated carbocycles. The number of piperazine rings is 1. The van der Waals surface area contributed by atoms with Crippen molar-refractivity contribution < 1.29 is 9.59 Å². The monoisotopic (exact) mass is 738 g/mol. The number of hydrogen-bond acceptors (Lipinski definition) is 13. The molecule has 0 bridgehead atoms. The molecule has 4 aromatic heterocycles. The predicted molar refractivity (Wildman–Crippen MR) is 202 cm³/mol. The quantitative estimate of drug-likeness (QED) is 0.195. The van der Waals surface area contributed by atoms with Gasteiger partial charge in [-0.25, -0.2) is 14.6 Å². The van der Waals surface area contributed by atoms with Gasteiger partial charge in [-0.2, -0.15) is 25.3 Å². The van der Waals surface area contributed by atoms with Gasteiger partial charge in [0.2, 0.25) is 11.8 Å². The van der Waals surface area contributed by atoms with Crippen LogP contribution in [0.4, 0.5) is 11.5 Å². The van der Waals surface area contributed by atoms with Gasteiger partial charge in [-0.1, -0.05) is 17.3 Å². The van der Waals surface area contributed by atoms with Crippen LogP contribution in [-0.2, 0) is 9.59 Å². The van der Waals surface area contributed by atoms with Gasteiger partial charge in [0, 0.05) is 55.8 Å². The molecule has 2 atom stereocenters. The molecule has 3 aliphatic rings. The topological polar surface area (TPSA) is 199 Å². The third kappa shape index (κ3) is 7.72. The van der Waals surface area contributed by atoms with Gasteiger partial charge in [-0.3, -0.25) is 19.8 Å². The maximum atomic E-state index is 12.3. The highest BCUT2D eigenvalue weighted by Gasteiger charge is 2.29. The maximum Gasteiger partial charge on any atom is 0.254 e. The molecule has 55 heavy (non-hydrogen) atoms. The Labute approximate surface area is 318 Å². The van der Waals surface area contributed by atoms with E-state index in [1.807, 2.05) is 18.3 Å². The number of rotatable bonds is 10. The standard InChI is InChI=1S/C39H42N14O2/c1-25(19-40)45-36-34(23-43-39(47-36)53-37-30(22-44-53)18-27(20-41)21-42-37)52-24-33(48-49-52)29-4-2-26(3-5-29)12-13-50-14-16-51(17-15-50)31-8-6-28(7-9-31)32-10-11-35(54)46-38(32)55/h6-9,18,21-26,29,32H,2-5,10-17H2,1H3,(H,43,45,47)(H,46,54,55)/t25-,26?,29?,32?/m1/s1. The molecule has 280 valence electrons. The molecule has 6 heterocycles. The molecule has 0 radical (unpaired) electrons. The molecule has 2 amide bonds. The average molecular weight is 739 g/mol. The predicted octanol–water partition coefficient (Wildman–Crippen LogP) is 3.99. The van der Waals surface area contributed by atoms with Gasteiger partial charge in [-0.05, 0) is 81.7 Å². The van der Waals surface area contributed by atoms with Gasteiger partial charge < -0.3 is 10.2 Å². The second-order valence-electron chi connectivity index (χ2n) is 14.7. The fourth-order valence-corrected chi connectivity index (χ4v) is 7.96. The number of anilines is 2. The van der Waals surface area contributed by atoms with Gasteiger partial charge >= 0.3 is 0 Å². The number of imide groups is 1. The SMILES string of the molecule is C[C@H](C#N)Nc1nc(-n2ncc3cc(C#N)cnc32)ncc1-n1cc(C2CCC(CCN3CCN(c4ccc(C5CCC(=O)NC5=O)cc4)CC3)CC2)nn1. The van der Waals surface area contributed by atoms with E-state index in [4.69, 9.17) is 4.98 Å². The molecular weight excluding hydrogens is 697 g/mol. The lowest BCUT2D eigenvalue weighted by Crippen LogP contribution is -2.47. The third-order valence-corrected chi connectivity index (χ3v) is 11.2. The number of piperidine rings is 1. The van der Waals surface area contributed by atoms with E-state index in [0.717, 1.165) is 69.7 Å². The molecule has 0 spiro atoms. The van der Waals surface area contributed by atoms with Crippen molar-refractivity contribution in [1.82, 2.24) is 49.9 Å². The van der Waals surface area contributed by atoms with Gasteiger partial charge in [0.05, 0.1) is 41.8 Å². The molecule has 2 saturated heterocycles. The Kier molecular flexibility index (Phi) is 10.1. The summed E-state index contributed by atoms with van der Waals surface area (Å²) < 4.78 is 3.17. The minimum Gasteiger partial charge on any atom is -0.369 e. The Morgan fingerprint density at radius 2 is 1.78 bits per heavy atom. The molecule has 1 aromatic carbocycles. The van der Waals surface area contributed by atoms with Crippen LogP contribution in [0.15, 0.2) is 55.1 Å². The lowest BCUT2D eigenvalue weighted by molar-refractivity contribution is -0.134. The summed E-state index contributed by atoms with van der Waals surface area (Å²) >= 11 is 0. The van der Waals surface area contributed by atoms with E-state index < -0.39 is 6.04 Å². The first-order valence-corrected chi connectivity index (χ1v) is 19.0. The number of carbonyl (C=O) groups is 2. The van der Waals surface area contributed by atoms with E-state index in [1.165, 1.54) is 23.0 Å². The van der Waals surface area contributed by atoms with E-state index in [-0.39, 0.29) is 23.7 Å². The second-order valence-corrected chi connectivity index (χ2v) is 14.7. The first kappa shape index (κ1) is 35.8. The van der Waals surface area contributed by atoms with Crippen molar-refractivity contribution in [2.75, 3.05) is 42.9 Å². The van der Waals surface area contributed by atoms with Gasteiger partial charge in [0.25, 0.3) is 5.95 Å². The van der Waals surface area contributed by atoms with E-state index >= 15 is 0 Å². The Hall–Kier alpha value is -6.26. The van der Waals surface area contributed by atoms with Crippen LogP contribution in [0.3, 0.4) is 0 Å². The number of carbonyl (C=O) groups excluding carboxylic acids is 2. The molecule has 5 aromatic rings. The largest absolute Gasteiger partial charge is 0.369 e. The molecule has 2 aliphatic heterocycles. The highest BCUT2D eigenvalue weighted by atomic mass is 16.2. The first-order valence-electron chi connectivity index (χ1n) is 19.0. The smallest absolute Gasteiger partial charge is 0.254 e. The number of benzene rings is 1. The number of nitrogens with zero attached hydrogens (tertiary/aromatic N) is 12. The van der Waals surface area contributed by atoms with E-state index in [2.05, 4.69) is 70.1 Å². The second kappa shape index (κ2) is 15.6. The summed E-state index contributed by atoms with van der Waals surface area (Å²) in [6.07, 6.45) is 13.3. The first-order chi connectivity index (χ1) is 26.8. The number of pyridine rings is 1. The number of hydrogen-bond donors (Lipinski definition) is 2. The van der Waals surface area contributed by atoms with Crippen molar-refractivity contribution in [1.29, 1.82) is 10.5 Å². The molecule has 16 nitrogen and oxygen atoms in total. The lowest BCUT2D eigenvalue weighted by Gasteiger charge is -2.37. The number of aromatic nitrogens is 8. The minimum atomic E-state index is -0.528.